The first-order valence-electron chi connectivity index (χ1n) is 12.9. The van der Waals surface area contributed by atoms with Crippen LogP contribution in [0.2, 0.25) is 0 Å². The molecule has 1 aliphatic carbocycles. The van der Waals surface area contributed by atoms with E-state index in [9.17, 15) is 0 Å². The SMILES string of the molecule is COCCN(C)Cc1nn(-c2ccc(C3(N)CCC3)cc2)c2c3cc(-c4ccccc4)cnc3cc[n+]12. The van der Waals surface area contributed by atoms with Crippen molar-refractivity contribution in [3.63, 3.8) is 0 Å². The zero-order valence-electron chi connectivity index (χ0n) is 21.5. The third-order valence-corrected chi connectivity index (χ3v) is 7.59. The molecule has 0 spiro atoms. The van der Waals surface area contributed by atoms with Crippen LogP contribution in [0.5, 0.6) is 0 Å². The minimum absolute atomic E-state index is 0.185. The molecule has 1 saturated carbocycles. The summed E-state index contributed by atoms with van der Waals surface area (Å²) in [4.78, 5) is 7.05. The maximum absolute atomic E-state index is 6.60. The van der Waals surface area contributed by atoms with Crippen LogP contribution in [0.15, 0.2) is 79.1 Å². The van der Waals surface area contributed by atoms with Gasteiger partial charge in [-0.25, -0.2) is 0 Å². The van der Waals surface area contributed by atoms with E-state index in [0.717, 1.165) is 58.6 Å². The fourth-order valence-corrected chi connectivity index (χ4v) is 5.19. The molecular formula is C30H33N6O+. The van der Waals surface area contributed by atoms with Crippen molar-refractivity contribution in [2.45, 2.75) is 31.3 Å². The fourth-order valence-electron chi connectivity index (χ4n) is 5.19. The number of benzene rings is 2. The summed E-state index contributed by atoms with van der Waals surface area (Å²) in [7, 11) is 3.82. The third-order valence-electron chi connectivity index (χ3n) is 7.59. The van der Waals surface area contributed by atoms with Gasteiger partial charge in [0.2, 0.25) is 0 Å². The number of fused-ring (bicyclic) bond motifs is 3. The van der Waals surface area contributed by atoms with Crippen molar-refractivity contribution in [2.24, 2.45) is 5.73 Å². The lowest BCUT2D eigenvalue weighted by atomic mass is 9.73. The molecule has 0 unspecified atom stereocenters. The molecule has 0 saturated heterocycles. The first-order valence-corrected chi connectivity index (χ1v) is 12.9. The maximum Gasteiger partial charge on any atom is 0.297 e. The standard InChI is InChI=1S/C30H33N6O/c1-34(17-18-37-2)21-28-33-36(25-11-9-24(10-12-25)30(31)14-6-15-30)29-26-19-23(22-7-4-3-5-8-22)20-32-27(26)13-16-35(28)29/h3-5,7-13,16,19-20H,6,14-15,17-18,21,31H2,1-2H3/q+1. The molecule has 3 aromatic heterocycles. The predicted octanol–water partition coefficient (Wildman–Crippen LogP) is 4.24. The van der Waals surface area contributed by atoms with E-state index < -0.39 is 0 Å². The van der Waals surface area contributed by atoms with Gasteiger partial charge in [0.1, 0.15) is 5.69 Å². The normalized spacial score (nSPS) is 14.9. The molecule has 5 aromatic rings. The molecule has 0 bridgehead atoms. The van der Waals surface area contributed by atoms with Crippen LogP contribution in [-0.2, 0) is 16.8 Å². The van der Waals surface area contributed by atoms with Crippen LogP contribution in [0.4, 0.5) is 0 Å². The van der Waals surface area contributed by atoms with Crippen LogP contribution in [0.1, 0.15) is 30.7 Å². The second kappa shape index (κ2) is 9.67. The highest BCUT2D eigenvalue weighted by Gasteiger charge is 2.34. The van der Waals surface area contributed by atoms with Crippen LogP contribution in [-0.4, -0.2) is 47.0 Å². The van der Waals surface area contributed by atoms with Gasteiger partial charge in [0.25, 0.3) is 11.5 Å². The largest absolute Gasteiger partial charge is 0.383 e. The van der Waals surface area contributed by atoms with Gasteiger partial charge in [-0.05, 0) is 61.7 Å². The van der Waals surface area contributed by atoms with E-state index in [1.807, 2.05) is 16.9 Å². The topological polar surface area (TPSA) is 73.3 Å². The van der Waals surface area contributed by atoms with Gasteiger partial charge in [-0.15, -0.1) is 0 Å². The molecule has 3 heterocycles. The van der Waals surface area contributed by atoms with Gasteiger partial charge in [0, 0.05) is 36.1 Å². The summed E-state index contributed by atoms with van der Waals surface area (Å²) in [5.41, 5.74) is 12.8. The van der Waals surface area contributed by atoms with E-state index in [1.54, 1.807) is 7.11 Å². The molecule has 7 heteroatoms. The summed E-state index contributed by atoms with van der Waals surface area (Å²) < 4.78 is 9.52. The number of methoxy groups -OCH3 is 1. The highest BCUT2D eigenvalue weighted by molar-refractivity contribution is 5.92. The number of pyridine rings is 2. The van der Waals surface area contributed by atoms with Crippen LogP contribution in [0, 0.1) is 0 Å². The maximum atomic E-state index is 6.60. The Hall–Kier alpha value is -3.65. The number of hydrogen-bond donors (Lipinski definition) is 1. The van der Waals surface area contributed by atoms with Gasteiger partial charge in [-0.3, -0.25) is 9.88 Å². The number of aromatic nitrogens is 4. The minimum atomic E-state index is -0.185. The summed E-state index contributed by atoms with van der Waals surface area (Å²) in [5, 5.41) is 6.18. The summed E-state index contributed by atoms with van der Waals surface area (Å²) in [5.74, 6) is 0.957. The predicted molar refractivity (Wildman–Crippen MR) is 145 cm³/mol. The average Bonchev–Trinajstić information content (AvgIpc) is 3.29. The van der Waals surface area contributed by atoms with Crippen LogP contribution >= 0.6 is 0 Å². The lowest BCUT2D eigenvalue weighted by molar-refractivity contribution is -0.522. The molecule has 1 fully saturated rings. The van der Waals surface area contributed by atoms with Crippen molar-refractivity contribution >= 4 is 16.6 Å². The van der Waals surface area contributed by atoms with Gasteiger partial charge in [0.15, 0.2) is 0 Å². The molecule has 188 valence electrons. The zero-order chi connectivity index (χ0) is 25.4. The van der Waals surface area contributed by atoms with Gasteiger partial charge >= 0.3 is 0 Å². The van der Waals surface area contributed by atoms with Gasteiger partial charge in [0.05, 0.1) is 30.3 Å². The Bertz CT molecular complexity index is 1540. The second-order valence-corrected chi connectivity index (χ2v) is 10.1. The van der Waals surface area contributed by atoms with E-state index in [-0.39, 0.29) is 5.54 Å². The van der Waals surface area contributed by atoms with E-state index in [2.05, 4.69) is 83.2 Å². The first-order chi connectivity index (χ1) is 18.1. The molecule has 2 N–H and O–H groups in total. The van der Waals surface area contributed by atoms with E-state index >= 15 is 0 Å². The van der Waals surface area contributed by atoms with Crippen molar-refractivity contribution in [3.8, 4) is 16.8 Å². The van der Waals surface area contributed by atoms with Gasteiger partial charge in [-0.2, -0.15) is 4.40 Å². The number of likely N-dealkylation sites (N-methyl/N-ethyl adjacent to an activating group) is 1. The van der Waals surface area contributed by atoms with E-state index in [1.165, 1.54) is 12.0 Å². The summed E-state index contributed by atoms with van der Waals surface area (Å²) in [6, 6.07) is 23.3. The molecule has 6 rings (SSSR count). The van der Waals surface area contributed by atoms with Crippen molar-refractivity contribution in [1.29, 1.82) is 0 Å². The molecule has 1 aliphatic rings. The molecule has 0 aliphatic heterocycles. The Morgan fingerprint density at radius 1 is 1.05 bits per heavy atom. The van der Waals surface area contributed by atoms with E-state index in [4.69, 9.17) is 20.6 Å². The molecule has 0 amide bonds. The zero-order valence-corrected chi connectivity index (χ0v) is 21.5. The Labute approximate surface area is 217 Å². The van der Waals surface area contributed by atoms with Crippen molar-refractivity contribution in [1.82, 2.24) is 19.7 Å². The minimum Gasteiger partial charge on any atom is -0.383 e. The molecule has 0 radical (unpaired) electrons. The summed E-state index contributed by atoms with van der Waals surface area (Å²) >= 11 is 0. The van der Waals surface area contributed by atoms with Crippen molar-refractivity contribution in [2.75, 3.05) is 27.3 Å². The summed E-state index contributed by atoms with van der Waals surface area (Å²) in [6.45, 7) is 2.19. The van der Waals surface area contributed by atoms with Gasteiger partial charge < -0.3 is 10.5 Å². The number of rotatable bonds is 8. The Balaban J connectivity index is 1.51. The fraction of sp³-hybridized carbons (Fsp3) is 0.300. The molecule has 37 heavy (non-hydrogen) atoms. The van der Waals surface area contributed by atoms with Crippen LogP contribution in [0.3, 0.4) is 0 Å². The van der Waals surface area contributed by atoms with Gasteiger partial charge in [-0.1, -0.05) is 47.1 Å². The summed E-state index contributed by atoms with van der Waals surface area (Å²) in [6.07, 6.45) is 7.31. The second-order valence-electron chi connectivity index (χ2n) is 10.1. The lowest BCUT2D eigenvalue weighted by Gasteiger charge is -2.38. The highest BCUT2D eigenvalue weighted by atomic mass is 16.5. The Morgan fingerprint density at radius 3 is 2.54 bits per heavy atom. The van der Waals surface area contributed by atoms with Crippen molar-refractivity contribution in [3.05, 3.63) is 90.5 Å². The Kier molecular flexibility index (Phi) is 6.20. The number of nitrogens with zero attached hydrogens (tertiary/aromatic N) is 5. The molecule has 2 aromatic carbocycles. The van der Waals surface area contributed by atoms with Crippen LogP contribution < -0.4 is 10.1 Å². The monoisotopic (exact) mass is 493 g/mol. The van der Waals surface area contributed by atoms with Crippen molar-refractivity contribution < 1.29 is 9.14 Å². The smallest absolute Gasteiger partial charge is 0.297 e. The number of nitrogens with two attached hydrogens (primary N) is 1. The molecule has 0 atom stereocenters. The highest BCUT2D eigenvalue weighted by Crippen LogP contribution is 2.38. The molecule has 7 nitrogen and oxygen atoms in total. The number of ether oxygens (including phenoxy) is 1. The third kappa shape index (κ3) is 4.39. The Morgan fingerprint density at radius 2 is 1.84 bits per heavy atom. The lowest BCUT2D eigenvalue weighted by Crippen LogP contribution is -2.43. The van der Waals surface area contributed by atoms with E-state index in [0.29, 0.717) is 13.2 Å². The van der Waals surface area contributed by atoms with Crippen LogP contribution in [0.25, 0.3) is 33.4 Å². The number of hydrogen-bond acceptors (Lipinski definition) is 5. The first kappa shape index (κ1) is 23.7. The average molecular weight is 494 g/mol. The molecular weight excluding hydrogens is 460 g/mol. The quantitative estimate of drug-likeness (QED) is 0.327.